The lowest BCUT2D eigenvalue weighted by molar-refractivity contribution is 0.238. The Morgan fingerprint density at radius 1 is 1.35 bits per heavy atom. The SMILES string of the molecule is CCC1(C)CCN(c2cccc(F)c2C(C)NC)CC1. The summed E-state index contributed by atoms with van der Waals surface area (Å²) in [6.45, 7) is 8.70. The fraction of sp³-hybridized carbons (Fsp3) is 0.647. The van der Waals surface area contributed by atoms with E-state index in [0.29, 0.717) is 5.41 Å². The standard InChI is InChI=1S/C17H27FN2/c1-5-17(3)9-11-20(12-10-17)15-8-6-7-14(18)16(15)13(2)19-4/h6-8,13,19H,5,9-12H2,1-4H3. The van der Waals surface area contributed by atoms with Crippen LogP contribution >= 0.6 is 0 Å². The summed E-state index contributed by atoms with van der Waals surface area (Å²) in [5.74, 6) is -0.104. The molecule has 20 heavy (non-hydrogen) atoms. The van der Waals surface area contributed by atoms with Crippen molar-refractivity contribution >= 4 is 5.69 Å². The van der Waals surface area contributed by atoms with Gasteiger partial charge in [0.05, 0.1) is 0 Å². The van der Waals surface area contributed by atoms with E-state index < -0.39 is 0 Å². The van der Waals surface area contributed by atoms with Crippen LogP contribution in [0.5, 0.6) is 0 Å². The van der Waals surface area contributed by atoms with Crippen LogP contribution in [-0.2, 0) is 0 Å². The Balaban J connectivity index is 2.24. The fourth-order valence-corrected chi connectivity index (χ4v) is 3.02. The van der Waals surface area contributed by atoms with E-state index in [-0.39, 0.29) is 11.9 Å². The molecule has 1 unspecified atom stereocenters. The van der Waals surface area contributed by atoms with Gasteiger partial charge in [0.25, 0.3) is 0 Å². The molecule has 1 saturated heterocycles. The fourth-order valence-electron chi connectivity index (χ4n) is 3.02. The van der Waals surface area contributed by atoms with E-state index in [0.717, 1.165) is 24.3 Å². The van der Waals surface area contributed by atoms with Crippen LogP contribution in [0.3, 0.4) is 0 Å². The zero-order valence-corrected chi connectivity index (χ0v) is 13.2. The van der Waals surface area contributed by atoms with Crippen molar-refractivity contribution in [2.45, 2.75) is 46.1 Å². The summed E-state index contributed by atoms with van der Waals surface area (Å²) >= 11 is 0. The molecule has 0 amide bonds. The number of rotatable bonds is 4. The molecule has 0 aliphatic carbocycles. The molecule has 1 fully saturated rings. The second kappa shape index (κ2) is 6.13. The molecule has 1 aliphatic rings. The van der Waals surface area contributed by atoms with Gasteiger partial charge in [-0.3, -0.25) is 0 Å². The third-order valence-electron chi connectivity index (χ3n) is 5.06. The molecule has 0 aromatic heterocycles. The van der Waals surface area contributed by atoms with Gasteiger partial charge in [-0.25, -0.2) is 4.39 Å². The molecule has 2 nitrogen and oxygen atoms in total. The summed E-state index contributed by atoms with van der Waals surface area (Å²) in [4.78, 5) is 2.35. The van der Waals surface area contributed by atoms with E-state index in [9.17, 15) is 4.39 Å². The minimum atomic E-state index is -0.104. The molecule has 1 atom stereocenters. The van der Waals surface area contributed by atoms with Crippen molar-refractivity contribution in [1.82, 2.24) is 5.32 Å². The maximum Gasteiger partial charge on any atom is 0.130 e. The first-order valence-electron chi connectivity index (χ1n) is 7.71. The average molecular weight is 278 g/mol. The smallest absolute Gasteiger partial charge is 0.130 e. The molecule has 3 heteroatoms. The van der Waals surface area contributed by atoms with E-state index in [4.69, 9.17) is 0 Å². The van der Waals surface area contributed by atoms with Crippen molar-refractivity contribution < 1.29 is 4.39 Å². The summed E-state index contributed by atoms with van der Waals surface area (Å²) < 4.78 is 14.2. The Hall–Kier alpha value is -1.09. The van der Waals surface area contributed by atoms with Crippen molar-refractivity contribution in [3.05, 3.63) is 29.6 Å². The van der Waals surface area contributed by atoms with Gasteiger partial charge >= 0.3 is 0 Å². The van der Waals surface area contributed by atoms with E-state index in [2.05, 4.69) is 30.1 Å². The van der Waals surface area contributed by atoms with Gasteiger partial charge in [-0.2, -0.15) is 0 Å². The summed E-state index contributed by atoms with van der Waals surface area (Å²) in [5.41, 5.74) is 2.32. The molecule has 1 heterocycles. The van der Waals surface area contributed by atoms with Crippen LogP contribution < -0.4 is 10.2 Å². The molecule has 1 aliphatic heterocycles. The maximum absolute atomic E-state index is 14.2. The van der Waals surface area contributed by atoms with Gasteiger partial charge in [-0.05, 0) is 44.4 Å². The number of nitrogens with zero attached hydrogens (tertiary/aromatic N) is 1. The highest BCUT2D eigenvalue weighted by Crippen LogP contribution is 2.38. The molecule has 1 aromatic carbocycles. The monoisotopic (exact) mass is 278 g/mol. The molecule has 112 valence electrons. The highest BCUT2D eigenvalue weighted by molar-refractivity contribution is 5.56. The summed E-state index contributed by atoms with van der Waals surface area (Å²) in [6.07, 6.45) is 3.60. The zero-order chi connectivity index (χ0) is 14.8. The number of nitrogens with one attached hydrogen (secondary N) is 1. The maximum atomic E-state index is 14.2. The molecule has 0 saturated carbocycles. The van der Waals surface area contributed by atoms with Gasteiger partial charge < -0.3 is 10.2 Å². The van der Waals surface area contributed by atoms with Crippen molar-refractivity contribution in [1.29, 1.82) is 0 Å². The quantitative estimate of drug-likeness (QED) is 0.891. The van der Waals surface area contributed by atoms with Crippen molar-refractivity contribution in [3.63, 3.8) is 0 Å². The van der Waals surface area contributed by atoms with Gasteiger partial charge in [0.15, 0.2) is 0 Å². The van der Waals surface area contributed by atoms with Gasteiger partial charge in [0.2, 0.25) is 0 Å². The molecule has 1 aromatic rings. The minimum Gasteiger partial charge on any atom is -0.371 e. The Bertz CT molecular complexity index is 450. The average Bonchev–Trinajstić information content (AvgIpc) is 2.47. The van der Waals surface area contributed by atoms with E-state index >= 15 is 0 Å². The van der Waals surface area contributed by atoms with Crippen LogP contribution in [0.15, 0.2) is 18.2 Å². The van der Waals surface area contributed by atoms with Gasteiger partial charge in [0.1, 0.15) is 5.82 Å². The lowest BCUT2D eigenvalue weighted by atomic mass is 9.78. The Morgan fingerprint density at radius 2 is 2.00 bits per heavy atom. The van der Waals surface area contributed by atoms with Crippen LogP contribution in [0.25, 0.3) is 0 Å². The van der Waals surface area contributed by atoms with E-state index in [1.165, 1.54) is 19.3 Å². The molecule has 0 spiro atoms. The number of piperidine rings is 1. The van der Waals surface area contributed by atoms with E-state index in [1.807, 2.05) is 20.0 Å². The molecule has 2 rings (SSSR count). The summed E-state index contributed by atoms with van der Waals surface area (Å²) in [5, 5.41) is 3.16. The van der Waals surface area contributed by atoms with Crippen molar-refractivity contribution in [2.75, 3.05) is 25.0 Å². The first-order chi connectivity index (χ1) is 9.50. The van der Waals surface area contributed by atoms with Crippen LogP contribution in [0.1, 0.15) is 51.6 Å². The zero-order valence-electron chi connectivity index (χ0n) is 13.2. The summed E-state index contributed by atoms with van der Waals surface area (Å²) in [6, 6.07) is 5.48. The summed E-state index contributed by atoms with van der Waals surface area (Å²) in [7, 11) is 1.88. The lowest BCUT2D eigenvalue weighted by Crippen LogP contribution is -2.39. The van der Waals surface area contributed by atoms with Gasteiger partial charge in [-0.15, -0.1) is 0 Å². The van der Waals surface area contributed by atoms with Crippen LogP contribution in [-0.4, -0.2) is 20.1 Å². The van der Waals surface area contributed by atoms with Gasteiger partial charge in [0, 0.05) is 30.4 Å². The van der Waals surface area contributed by atoms with Gasteiger partial charge in [-0.1, -0.05) is 26.3 Å². The normalized spacial score (nSPS) is 19.9. The predicted octanol–water partition coefficient (Wildman–Crippen LogP) is 4.12. The molecular weight excluding hydrogens is 251 g/mol. The number of hydrogen-bond acceptors (Lipinski definition) is 2. The highest BCUT2D eigenvalue weighted by atomic mass is 19.1. The first-order valence-corrected chi connectivity index (χ1v) is 7.71. The molecular formula is C17H27FN2. The molecule has 1 N–H and O–H groups in total. The largest absolute Gasteiger partial charge is 0.371 e. The topological polar surface area (TPSA) is 15.3 Å². The molecule has 0 bridgehead atoms. The second-order valence-electron chi connectivity index (χ2n) is 6.33. The minimum absolute atomic E-state index is 0.0330. The third-order valence-corrected chi connectivity index (χ3v) is 5.06. The number of benzene rings is 1. The van der Waals surface area contributed by atoms with Crippen LogP contribution in [0.4, 0.5) is 10.1 Å². The predicted molar refractivity (Wildman–Crippen MR) is 83.7 cm³/mol. The Morgan fingerprint density at radius 3 is 2.55 bits per heavy atom. The van der Waals surface area contributed by atoms with Crippen molar-refractivity contribution in [3.8, 4) is 0 Å². The van der Waals surface area contributed by atoms with Crippen LogP contribution in [0, 0.1) is 11.2 Å². The highest BCUT2D eigenvalue weighted by Gasteiger charge is 2.30. The lowest BCUT2D eigenvalue weighted by Gasteiger charge is -2.41. The number of anilines is 1. The molecule has 0 radical (unpaired) electrons. The number of halogens is 1. The first kappa shape index (κ1) is 15.3. The van der Waals surface area contributed by atoms with Crippen LogP contribution in [0.2, 0.25) is 0 Å². The van der Waals surface area contributed by atoms with Crippen molar-refractivity contribution in [2.24, 2.45) is 5.41 Å². The Kier molecular flexibility index (Phi) is 4.69. The second-order valence-corrected chi connectivity index (χ2v) is 6.33. The van der Waals surface area contributed by atoms with E-state index in [1.54, 1.807) is 6.07 Å². The third kappa shape index (κ3) is 2.98. The number of hydrogen-bond donors (Lipinski definition) is 1. The Labute approximate surface area is 122 Å².